The highest BCUT2D eigenvalue weighted by Gasteiger charge is 2.33. The second-order valence-electron chi connectivity index (χ2n) is 5.89. The molecule has 0 aromatic rings. The minimum Gasteiger partial charge on any atom is -0.344 e. The SMILES string of the molecule is CCN1CCCC1CN(C)C(=O)[C@@H]1CNC[C@H]1C. The zero-order chi connectivity index (χ0) is 13.1. The van der Waals surface area contributed by atoms with E-state index >= 15 is 0 Å². The lowest BCUT2D eigenvalue weighted by atomic mass is 9.96. The molecular weight excluding hydrogens is 226 g/mol. The molecule has 0 aliphatic carbocycles. The highest BCUT2D eigenvalue weighted by atomic mass is 16.2. The number of carbonyl (C=O) groups excluding carboxylic acids is 1. The van der Waals surface area contributed by atoms with Crippen molar-refractivity contribution in [2.75, 3.05) is 39.8 Å². The number of carbonyl (C=O) groups is 1. The number of amides is 1. The normalized spacial score (nSPS) is 32.9. The predicted octanol–water partition coefficient (Wildman–Crippen LogP) is 0.785. The fourth-order valence-corrected chi connectivity index (χ4v) is 3.35. The van der Waals surface area contributed by atoms with Crippen LogP contribution in [0.25, 0.3) is 0 Å². The van der Waals surface area contributed by atoms with Gasteiger partial charge in [0.05, 0.1) is 5.92 Å². The lowest BCUT2D eigenvalue weighted by Crippen LogP contribution is -2.44. The summed E-state index contributed by atoms with van der Waals surface area (Å²) in [6.45, 7) is 9.42. The molecule has 1 unspecified atom stereocenters. The topological polar surface area (TPSA) is 35.6 Å². The van der Waals surface area contributed by atoms with Gasteiger partial charge in [-0.2, -0.15) is 0 Å². The first kappa shape index (κ1) is 13.8. The third-order valence-electron chi connectivity index (χ3n) is 4.60. The van der Waals surface area contributed by atoms with Crippen LogP contribution in [0.4, 0.5) is 0 Å². The Hall–Kier alpha value is -0.610. The Morgan fingerprint density at radius 3 is 2.83 bits per heavy atom. The van der Waals surface area contributed by atoms with Crippen molar-refractivity contribution in [3.05, 3.63) is 0 Å². The van der Waals surface area contributed by atoms with Gasteiger partial charge in [-0.05, 0) is 38.4 Å². The summed E-state index contributed by atoms with van der Waals surface area (Å²) in [5.74, 6) is 0.993. The van der Waals surface area contributed by atoms with Gasteiger partial charge >= 0.3 is 0 Å². The van der Waals surface area contributed by atoms with Crippen LogP contribution >= 0.6 is 0 Å². The Morgan fingerprint density at radius 1 is 1.44 bits per heavy atom. The van der Waals surface area contributed by atoms with Gasteiger partial charge in [0.2, 0.25) is 5.91 Å². The van der Waals surface area contributed by atoms with Gasteiger partial charge in [-0.15, -0.1) is 0 Å². The zero-order valence-corrected chi connectivity index (χ0v) is 12.0. The quantitative estimate of drug-likeness (QED) is 0.804. The Kier molecular flexibility index (Phi) is 4.62. The number of likely N-dealkylation sites (tertiary alicyclic amines) is 1. The average molecular weight is 253 g/mol. The molecule has 18 heavy (non-hydrogen) atoms. The molecule has 2 rings (SSSR count). The second-order valence-corrected chi connectivity index (χ2v) is 5.89. The smallest absolute Gasteiger partial charge is 0.227 e. The number of hydrogen-bond acceptors (Lipinski definition) is 3. The summed E-state index contributed by atoms with van der Waals surface area (Å²) < 4.78 is 0. The molecule has 2 saturated heterocycles. The van der Waals surface area contributed by atoms with Gasteiger partial charge in [0.25, 0.3) is 0 Å². The molecule has 0 aromatic heterocycles. The summed E-state index contributed by atoms with van der Waals surface area (Å²) in [6, 6.07) is 0.577. The Balaban J connectivity index is 1.87. The van der Waals surface area contributed by atoms with Crippen LogP contribution in [0.15, 0.2) is 0 Å². The maximum absolute atomic E-state index is 12.4. The van der Waals surface area contributed by atoms with E-state index in [9.17, 15) is 4.79 Å². The molecule has 2 aliphatic rings. The standard InChI is InChI=1S/C14H27N3O/c1-4-17-7-5-6-12(17)10-16(3)14(18)13-9-15-8-11(13)2/h11-13,15H,4-10H2,1-3H3/t11-,12?,13-/m1/s1. The Morgan fingerprint density at radius 2 is 2.22 bits per heavy atom. The van der Waals surface area contributed by atoms with Gasteiger partial charge in [-0.1, -0.05) is 13.8 Å². The number of rotatable bonds is 4. The molecule has 0 radical (unpaired) electrons. The maximum Gasteiger partial charge on any atom is 0.227 e. The minimum atomic E-state index is 0.187. The number of likely N-dealkylation sites (N-methyl/N-ethyl adjacent to an activating group) is 2. The lowest BCUT2D eigenvalue weighted by Gasteiger charge is -2.29. The van der Waals surface area contributed by atoms with Crippen LogP contribution in [-0.2, 0) is 4.79 Å². The summed E-state index contributed by atoms with van der Waals surface area (Å²) in [4.78, 5) is 16.9. The van der Waals surface area contributed by atoms with Crippen molar-refractivity contribution in [2.45, 2.75) is 32.7 Å². The van der Waals surface area contributed by atoms with Crippen LogP contribution in [0.1, 0.15) is 26.7 Å². The van der Waals surface area contributed by atoms with Crippen molar-refractivity contribution in [1.82, 2.24) is 15.1 Å². The fraction of sp³-hybridized carbons (Fsp3) is 0.929. The van der Waals surface area contributed by atoms with Crippen LogP contribution < -0.4 is 5.32 Å². The summed E-state index contributed by atoms with van der Waals surface area (Å²) in [5.41, 5.74) is 0. The molecule has 4 nitrogen and oxygen atoms in total. The highest BCUT2D eigenvalue weighted by molar-refractivity contribution is 5.79. The van der Waals surface area contributed by atoms with Crippen LogP contribution in [0, 0.1) is 11.8 Å². The van der Waals surface area contributed by atoms with Gasteiger partial charge in [0.15, 0.2) is 0 Å². The first-order chi connectivity index (χ1) is 8.63. The van der Waals surface area contributed by atoms with Crippen molar-refractivity contribution >= 4 is 5.91 Å². The summed E-state index contributed by atoms with van der Waals surface area (Å²) in [5, 5.41) is 3.31. The average Bonchev–Trinajstić information content (AvgIpc) is 2.96. The largest absolute Gasteiger partial charge is 0.344 e. The predicted molar refractivity (Wildman–Crippen MR) is 73.4 cm³/mol. The first-order valence-electron chi connectivity index (χ1n) is 7.33. The van der Waals surface area contributed by atoms with Gasteiger partial charge < -0.3 is 10.2 Å². The van der Waals surface area contributed by atoms with E-state index in [1.54, 1.807) is 0 Å². The Labute approximate surface area is 111 Å². The number of nitrogens with zero attached hydrogens (tertiary/aromatic N) is 2. The van der Waals surface area contributed by atoms with Crippen molar-refractivity contribution in [2.24, 2.45) is 11.8 Å². The fourth-order valence-electron chi connectivity index (χ4n) is 3.35. The molecule has 1 amide bonds. The van der Waals surface area contributed by atoms with Crippen molar-refractivity contribution in [3.8, 4) is 0 Å². The molecule has 4 heteroatoms. The molecule has 104 valence electrons. The summed E-state index contributed by atoms with van der Waals surface area (Å²) in [7, 11) is 1.97. The van der Waals surface area contributed by atoms with Gasteiger partial charge in [-0.25, -0.2) is 0 Å². The van der Waals surface area contributed by atoms with Crippen molar-refractivity contribution in [3.63, 3.8) is 0 Å². The monoisotopic (exact) mass is 253 g/mol. The number of nitrogens with one attached hydrogen (secondary N) is 1. The molecule has 2 fully saturated rings. The Bertz CT molecular complexity index is 295. The summed E-state index contributed by atoms with van der Waals surface area (Å²) in [6.07, 6.45) is 2.52. The van der Waals surface area contributed by atoms with E-state index in [0.29, 0.717) is 17.9 Å². The first-order valence-corrected chi connectivity index (χ1v) is 7.33. The second kappa shape index (κ2) is 6.02. The van der Waals surface area contributed by atoms with E-state index in [1.165, 1.54) is 19.4 Å². The molecule has 0 spiro atoms. The van der Waals surface area contributed by atoms with Gasteiger partial charge in [0, 0.05) is 26.2 Å². The van der Waals surface area contributed by atoms with E-state index in [1.807, 2.05) is 11.9 Å². The van der Waals surface area contributed by atoms with Crippen LogP contribution in [0.3, 0.4) is 0 Å². The number of hydrogen-bond donors (Lipinski definition) is 1. The van der Waals surface area contributed by atoms with Crippen molar-refractivity contribution < 1.29 is 4.79 Å². The van der Waals surface area contributed by atoms with E-state index in [-0.39, 0.29) is 5.92 Å². The van der Waals surface area contributed by atoms with Crippen LogP contribution in [0.2, 0.25) is 0 Å². The molecule has 0 saturated carbocycles. The van der Waals surface area contributed by atoms with Crippen LogP contribution in [0.5, 0.6) is 0 Å². The molecule has 3 atom stereocenters. The van der Waals surface area contributed by atoms with E-state index < -0.39 is 0 Å². The third kappa shape index (κ3) is 2.86. The third-order valence-corrected chi connectivity index (χ3v) is 4.60. The lowest BCUT2D eigenvalue weighted by molar-refractivity contribution is -0.135. The van der Waals surface area contributed by atoms with Crippen molar-refractivity contribution in [1.29, 1.82) is 0 Å². The van der Waals surface area contributed by atoms with Gasteiger partial charge in [-0.3, -0.25) is 9.69 Å². The summed E-state index contributed by atoms with van der Waals surface area (Å²) >= 11 is 0. The molecule has 1 N–H and O–H groups in total. The maximum atomic E-state index is 12.4. The molecule has 2 heterocycles. The van der Waals surface area contributed by atoms with Crippen LogP contribution in [-0.4, -0.2) is 61.5 Å². The molecule has 0 bridgehead atoms. The van der Waals surface area contributed by atoms with E-state index in [2.05, 4.69) is 24.1 Å². The minimum absolute atomic E-state index is 0.187. The van der Waals surface area contributed by atoms with Gasteiger partial charge in [0.1, 0.15) is 0 Å². The highest BCUT2D eigenvalue weighted by Crippen LogP contribution is 2.21. The van der Waals surface area contributed by atoms with E-state index in [0.717, 1.165) is 26.2 Å². The zero-order valence-electron chi connectivity index (χ0n) is 12.0. The molecular formula is C14H27N3O. The molecule has 2 aliphatic heterocycles. The molecule has 0 aromatic carbocycles. The van der Waals surface area contributed by atoms with E-state index in [4.69, 9.17) is 0 Å².